The molecule has 10 nitrogen and oxygen atoms in total. The smallest absolute Gasteiger partial charge is 0.457 e. The fourth-order valence-electron chi connectivity index (χ4n) is 5.00. The Hall–Kier alpha value is -2.85. The standard InChI is InChI=1S/C44H73O10P/c1-3-5-7-9-11-13-15-17-19-20-22-24-26-28-30-32-34-36-44(48)54-42(38-46)40-52-55(49,50)51-39-41(37-45)53-43(47)35-33-31-29-27-25-23-21-18-16-14-12-10-8-6-4-2/h5-8,11-14,17-19,21,25,27,41-42,45-46H,3-4,9-10,15-16,20,22-24,26,28-40H2,1-2H3,(H,49,50)/b7-5-,8-6-,13-11-,14-12-,19-17-,21-18-,27-25-. The number of hydrogen-bond acceptors (Lipinski definition) is 9. The van der Waals surface area contributed by atoms with E-state index in [4.69, 9.17) is 18.5 Å². The highest BCUT2D eigenvalue weighted by Gasteiger charge is 2.27. The van der Waals surface area contributed by atoms with Crippen molar-refractivity contribution in [3.05, 3.63) is 85.1 Å². The van der Waals surface area contributed by atoms with E-state index in [-0.39, 0.29) is 12.8 Å². The van der Waals surface area contributed by atoms with Gasteiger partial charge in [-0.2, -0.15) is 0 Å². The third-order valence-corrected chi connectivity index (χ3v) is 9.05. The maximum Gasteiger partial charge on any atom is 0.472 e. The van der Waals surface area contributed by atoms with Gasteiger partial charge in [0.15, 0.2) is 0 Å². The molecular formula is C44H73O10P. The van der Waals surface area contributed by atoms with Crippen LogP contribution in [0.15, 0.2) is 85.1 Å². The maximum atomic E-state index is 12.3. The number of aliphatic hydroxyl groups excluding tert-OH is 2. The van der Waals surface area contributed by atoms with Crippen molar-refractivity contribution in [3.8, 4) is 0 Å². The molecule has 55 heavy (non-hydrogen) atoms. The van der Waals surface area contributed by atoms with Gasteiger partial charge in [0.25, 0.3) is 0 Å². The summed E-state index contributed by atoms with van der Waals surface area (Å²) in [6.45, 7) is 1.90. The normalized spacial score (nSPS) is 14.8. The van der Waals surface area contributed by atoms with E-state index in [2.05, 4.69) is 98.9 Å². The molecule has 0 saturated heterocycles. The van der Waals surface area contributed by atoms with Crippen molar-refractivity contribution in [1.82, 2.24) is 0 Å². The van der Waals surface area contributed by atoms with Crippen LogP contribution in [0.1, 0.15) is 142 Å². The van der Waals surface area contributed by atoms with Crippen LogP contribution in [-0.2, 0) is 32.7 Å². The molecule has 0 spiro atoms. The molecule has 314 valence electrons. The molecule has 0 aliphatic rings. The second-order valence-corrected chi connectivity index (χ2v) is 14.7. The minimum absolute atomic E-state index is 0.134. The van der Waals surface area contributed by atoms with Crippen molar-refractivity contribution >= 4 is 19.8 Å². The van der Waals surface area contributed by atoms with Crippen molar-refractivity contribution in [2.24, 2.45) is 0 Å². The number of unbranched alkanes of at least 4 members (excludes halogenated alkanes) is 9. The summed E-state index contributed by atoms with van der Waals surface area (Å²) < 4.78 is 32.5. The van der Waals surface area contributed by atoms with Crippen LogP contribution in [0.5, 0.6) is 0 Å². The van der Waals surface area contributed by atoms with Gasteiger partial charge in [-0.25, -0.2) is 4.57 Å². The number of rotatable bonds is 37. The molecule has 0 saturated carbocycles. The number of hydrogen-bond donors (Lipinski definition) is 3. The van der Waals surface area contributed by atoms with Crippen LogP contribution in [0.25, 0.3) is 0 Å². The summed E-state index contributed by atoms with van der Waals surface area (Å²) in [5, 5.41) is 19.1. The lowest BCUT2D eigenvalue weighted by molar-refractivity contribution is -0.153. The van der Waals surface area contributed by atoms with E-state index in [1.54, 1.807) is 0 Å². The van der Waals surface area contributed by atoms with Gasteiger partial charge in [-0.15, -0.1) is 0 Å². The first-order chi connectivity index (χ1) is 26.8. The molecule has 0 amide bonds. The Kier molecular flexibility index (Phi) is 37.3. The van der Waals surface area contributed by atoms with Crippen molar-refractivity contribution in [2.75, 3.05) is 26.4 Å². The van der Waals surface area contributed by atoms with Crippen molar-refractivity contribution in [1.29, 1.82) is 0 Å². The van der Waals surface area contributed by atoms with E-state index in [0.29, 0.717) is 12.8 Å². The van der Waals surface area contributed by atoms with E-state index in [0.717, 1.165) is 89.9 Å². The molecule has 0 radical (unpaired) electrons. The Balaban J connectivity index is 4.03. The predicted octanol–water partition coefficient (Wildman–Crippen LogP) is 10.7. The maximum absolute atomic E-state index is 12.3. The number of phosphoric acid groups is 1. The zero-order valence-corrected chi connectivity index (χ0v) is 34.7. The minimum atomic E-state index is -4.65. The quantitative estimate of drug-likeness (QED) is 0.0240. The van der Waals surface area contributed by atoms with Gasteiger partial charge in [0.2, 0.25) is 0 Å². The lowest BCUT2D eigenvalue weighted by atomic mass is 10.1. The monoisotopic (exact) mass is 792 g/mol. The summed E-state index contributed by atoms with van der Waals surface area (Å²) >= 11 is 0. The van der Waals surface area contributed by atoms with Crippen LogP contribution < -0.4 is 0 Å². The largest absolute Gasteiger partial charge is 0.472 e. The number of carbonyl (C=O) groups excluding carboxylic acids is 2. The molecule has 0 aliphatic heterocycles. The van der Waals surface area contributed by atoms with Crippen molar-refractivity contribution in [2.45, 2.75) is 154 Å². The highest BCUT2D eigenvalue weighted by Crippen LogP contribution is 2.43. The fraction of sp³-hybridized carbons (Fsp3) is 0.636. The first kappa shape index (κ1) is 52.2. The SMILES string of the molecule is CC/C=C\C/C=C\C/C=C\C/C=C\CCCCC(=O)OC(CO)COP(=O)(O)OCC(CO)OC(=O)CCCCCCCCC/C=C\C/C=C\C/C=C\CC. The molecule has 11 heteroatoms. The molecule has 0 fully saturated rings. The van der Waals surface area contributed by atoms with Crippen LogP contribution >= 0.6 is 7.82 Å². The first-order valence-electron chi connectivity index (χ1n) is 20.5. The van der Waals surface area contributed by atoms with Gasteiger partial charge < -0.3 is 24.6 Å². The highest BCUT2D eigenvalue weighted by molar-refractivity contribution is 7.47. The summed E-state index contributed by atoms with van der Waals surface area (Å²) in [7, 11) is -4.65. The summed E-state index contributed by atoms with van der Waals surface area (Å²) in [6.07, 6.45) is 45.6. The number of phosphoric ester groups is 1. The van der Waals surface area contributed by atoms with Crippen molar-refractivity contribution < 1.29 is 47.8 Å². The van der Waals surface area contributed by atoms with Crippen molar-refractivity contribution in [3.63, 3.8) is 0 Å². The summed E-state index contributed by atoms with van der Waals surface area (Å²) in [5.41, 5.74) is 0. The zero-order chi connectivity index (χ0) is 40.5. The summed E-state index contributed by atoms with van der Waals surface area (Å²) in [4.78, 5) is 34.5. The second kappa shape index (κ2) is 39.4. The Bertz CT molecular complexity index is 1190. The van der Waals surface area contributed by atoms with E-state index < -0.39 is 58.4 Å². The Morgan fingerprint density at radius 1 is 0.491 bits per heavy atom. The predicted molar refractivity (Wildman–Crippen MR) is 223 cm³/mol. The van der Waals surface area contributed by atoms with Crippen LogP contribution in [0.3, 0.4) is 0 Å². The second-order valence-electron chi connectivity index (χ2n) is 13.2. The van der Waals surface area contributed by atoms with Gasteiger partial charge in [-0.3, -0.25) is 18.6 Å². The Labute approximate surface area is 332 Å². The lowest BCUT2D eigenvalue weighted by Crippen LogP contribution is -2.28. The molecule has 3 unspecified atom stereocenters. The molecular weight excluding hydrogens is 719 g/mol. The number of carbonyl (C=O) groups is 2. The van der Waals surface area contributed by atoms with Gasteiger partial charge in [0.1, 0.15) is 12.2 Å². The zero-order valence-electron chi connectivity index (χ0n) is 33.9. The third kappa shape index (κ3) is 37.8. The average molecular weight is 793 g/mol. The molecule has 0 aromatic rings. The molecule has 0 bridgehead atoms. The molecule has 0 heterocycles. The number of aliphatic hydroxyl groups is 2. The van der Waals surface area contributed by atoms with E-state index in [1.165, 1.54) is 12.8 Å². The average Bonchev–Trinajstić information content (AvgIpc) is 3.17. The molecule has 3 atom stereocenters. The fourth-order valence-corrected chi connectivity index (χ4v) is 5.78. The van der Waals surface area contributed by atoms with Crippen LogP contribution in [0, 0.1) is 0 Å². The van der Waals surface area contributed by atoms with Gasteiger partial charge in [-0.1, -0.05) is 131 Å². The van der Waals surface area contributed by atoms with Gasteiger partial charge in [0.05, 0.1) is 26.4 Å². The van der Waals surface area contributed by atoms with E-state index >= 15 is 0 Å². The molecule has 0 aliphatic carbocycles. The van der Waals surface area contributed by atoms with E-state index in [9.17, 15) is 29.3 Å². The van der Waals surface area contributed by atoms with Gasteiger partial charge in [-0.05, 0) is 83.5 Å². The topological polar surface area (TPSA) is 149 Å². The van der Waals surface area contributed by atoms with Gasteiger partial charge in [0, 0.05) is 12.8 Å². The first-order valence-corrected chi connectivity index (χ1v) is 22.0. The summed E-state index contributed by atoms with van der Waals surface area (Å²) in [5.74, 6) is -1.08. The Morgan fingerprint density at radius 3 is 1.18 bits per heavy atom. The van der Waals surface area contributed by atoms with E-state index in [1.807, 2.05) is 0 Å². The number of esters is 2. The minimum Gasteiger partial charge on any atom is -0.457 e. The summed E-state index contributed by atoms with van der Waals surface area (Å²) in [6, 6.07) is 0. The molecule has 0 rings (SSSR count). The lowest BCUT2D eigenvalue weighted by Gasteiger charge is -2.20. The molecule has 3 N–H and O–H groups in total. The number of ether oxygens (including phenoxy) is 2. The Morgan fingerprint density at radius 2 is 0.800 bits per heavy atom. The van der Waals surface area contributed by atoms with Crippen LogP contribution in [-0.4, -0.2) is 65.7 Å². The third-order valence-electron chi connectivity index (χ3n) is 8.10. The van der Waals surface area contributed by atoms with Gasteiger partial charge >= 0.3 is 19.8 Å². The van der Waals surface area contributed by atoms with Crippen LogP contribution in [0.2, 0.25) is 0 Å². The molecule has 0 aromatic carbocycles. The highest BCUT2D eigenvalue weighted by atomic mass is 31.2. The van der Waals surface area contributed by atoms with Crippen LogP contribution in [0.4, 0.5) is 0 Å². The number of allylic oxidation sites excluding steroid dienone is 14. The molecule has 0 aromatic heterocycles.